The number of anilines is 1. The monoisotopic (exact) mass is 426 g/mol. The van der Waals surface area contributed by atoms with Crippen molar-refractivity contribution in [1.82, 2.24) is 24.6 Å². The van der Waals surface area contributed by atoms with Crippen molar-refractivity contribution in [2.45, 2.75) is 6.92 Å². The van der Waals surface area contributed by atoms with E-state index in [1.54, 1.807) is 30.4 Å². The van der Waals surface area contributed by atoms with Crippen molar-refractivity contribution in [3.63, 3.8) is 0 Å². The van der Waals surface area contributed by atoms with E-state index in [2.05, 4.69) is 26.0 Å². The van der Waals surface area contributed by atoms with Gasteiger partial charge in [-0.1, -0.05) is 12.2 Å². The third-order valence-corrected chi connectivity index (χ3v) is 5.32. The highest BCUT2D eigenvalue weighted by Crippen LogP contribution is 2.20. The summed E-state index contributed by atoms with van der Waals surface area (Å²) in [5.74, 6) is -0.0570. The first-order chi connectivity index (χ1) is 15.0. The van der Waals surface area contributed by atoms with Gasteiger partial charge in [-0.25, -0.2) is 13.5 Å². The molecule has 0 atom stereocenters. The zero-order valence-electron chi connectivity index (χ0n) is 17.5. The molecule has 7 nitrogen and oxygen atoms in total. The van der Waals surface area contributed by atoms with E-state index in [1.807, 2.05) is 17.9 Å². The van der Waals surface area contributed by atoms with Gasteiger partial charge >= 0.3 is 0 Å². The average Bonchev–Trinajstić information content (AvgIpc) is 3.14. The number of ether oxygens (including phenoxy) is 1. The molecule has 3 aromatic rings. The molecule has 1 aromatic carbocycles. The van der Waals surface area contributed by atoms with Crippen LogP contribution in [0.15, 0.2) is 42.9 Å². The Hall–Kier alpha value is -3.33. The van der Waals surface area contributed by atoms with E-state index in [9.17, 15) is 8.78 Å². The van der Waals surface area contributed by atoms with E-state index in [-0.39, 0.29) is 0 Å². The zero-order valence-corrected chi connectivity index (χ0v) is 17.5. The second kappa shape index (κ2) is 9.22. The van der Waals surface area contributed by atoms with Gasteiger partial charge in [0.2, 0.25) is 5.88 Å². The highest BCUT2D eigenvalue weighted by atomic mass is 19.1. The summed E-state index contributed by atoms with van der Waals surface area (Å²) in [5.41, 5.74) is 2.55. The van der Waals surface area contributed by atoms with Gasteiger partial charge in [-0.3, -0.25) is 9.88 Å². The van der Waals surface area contributed by atoms with E-state index in [1.165, 1.54) is 12.1 Å². The summed E-state index contributed by atoms with van der Waals surface area (Å²) in [7, 11) is 1.55. The van der Waals surface area contributed by atoms with Crippen LogP contribution in [0.2, 0.25) is 0 Å². The van der Waals surface area contributed by atoms with Crippen LogP contribution in [0, 0.1) is 18.6 Å². The van der Waals surface area contributed by atoms with Crippen molar-refractivity contribution in [3.8, 4) is 11.7 Å². The summed E-state index contributed by atoms with van der Waals surface area (Å²) in [5, 5.41) is 4.41. The molecule has 0 spiro atoms. The first-order valence-corrected chi connectivity index (χ1v) is 10.0. The molecule has 0 N–H and O–H groups in total. The molecule has 162 valence electrons. The number of hydrogen-bond acceptors (Lipinski definition) is 6. The van der Waals surface area contributed by atoms with Gasteiger partial charge in [-0.05, 0) is 19.1 Å². The smallest absolute Gasteiger partial charge is 0.234 e. The van der Waals surface area contributed by atoms with Crippen LogP contribution in [0.4, 0.5) is 14.5 Å². The van der Waals surface area contributed by atoms with Crippen LogP contribution in [-0.2, 0) is 0 Å². The Labute approximate surface area is 179 Å². The van der Waals surface area contributed by atoms with Gasteiger partial charge in [0.1, 0.15) is 11.6 Å². The fourth-order valence-electron chi connectivity index (χ4n) is 3.59. The van der Waals surface area contributed by atoms with E-state index in [4.69, 9.17) is 4.74 Å². The first-order valence-electron chi connectivity index (χ1n) is 10.0. The molecule has 2 aromatic heterocycles. The summed E-state index contributed by atoms with van der Waals surface area (Å²) in [6, 6.07) is 3.66. The molecule has 9 heteroatoms. The van der Waals surface area contributed by atoms with Gasteiger partial charge < -0.3 is 9.64 Å². The molecular formula is C22H24F2N6O. The third-order valence-electron chi connectivity index (χ3n) is 5.32. The van der Waals surface area contributed by atoms with Gasteiger partial charge in [0.05, 0.1) is 31.4 Å². The number of methoxy groups -OCH3 is 1. The maximum atomic E-state index is 13.5. The number of halogens is 2. The molecule has 0 aliphatic carbocycles. The number of piperazine rings is 1. The maximum absolute atomic E-state index is 13.5. The minimum Gasteiger partial charge on any atom is -0.480 e. The maximum Gasteiger partial charge on any atom is 0.234 e. The van der Waals surface area contributed by atoms with Gasteiger partial charge in [0.15, 0.2) is 5.82 Å². The number of hydrogen-bond donors (Lipinski definition) is 0. The molecular weight excluding hydrogens is 402 g/mol. The summed E-state index contributed by atoms with van der Waals surface area (Å²) < 4.78 is 33.8. The van der Waals surface area contributed by atoms with Gasteiger partial charge in [0.25, 0.3) is 0 Å². The molecule has 1 aliphatic rings. The van der Waals surface area contributed by atoms with Crippen LogP contribution in [0.1, 0.15) is 11.3 Å². The summed E-state index contributed by atoms with van der Waals surface area (Å²) in [6.07, 6.45) is 9.13. The molecule has 0 amide bonds. The van der Waals surface area contributed by atoms with Crippen LogP contribution < -0.4 is 9.64 Å². The fourth-order valence-corrected chi connectivity index (χ4v) is 3.59. The van der Waals surface area contributed by atoms with E-state index in [0.717, 1.165) is 50.0 Å². The summed E-state index contributed by atoms with van der Waals surface area (Å²) in [4.78, 5) is 12.8. The first kappa shape index (κ1) is 20.9. The highest BCUT2D eigenvalue weighted by Gasteiger charge is 2.17. The highest BCUT2D eigenvalue weighted by molar-refractivity contribution is 5.52. The fraction of sp³-hybridized carbons (Fsp3) is 0.318. The van der Waals surface area contributed by atoms with Crippen LogP contribution in [0.25, 0.3) is 11.9 Å². The average molecular weight is 426 g/mol. The Morgan fingerprint density at radius 2 is 1.77 bits per heavy atom. The SMILES string of the molecule is COc1cncc(-n2ncc(/C=C/CN3CCN(c4cc(F)cc(F)c4)CC3)c2C)n1. The van der Waals surface area contributed by atoms with Crippen LogP contribution in [0.5, 0.6) is 5.88 Å². The molecule has 0 bridgehead atoms. The van der Waals surface area contributed by atoms with Gasteiger partial charge in [-0.2, -0.15) is 10.1 Å². The normalized spacial score (nSPS) is 15.0. The molecule has 0 unspecified atom stereocenters. The molecule has 1 fully saturated rings. The third kappa shape index (κ3) is 4.88. The van der Waals surface area contributed by atoms with Crippen molar-refractivity contribution in [3.05, 3.63) is 65.8 Å². The molecule has 3 heterocycles. The van der Waals surface area contributed by atoms with E-state index >= 15 is 0 Å². The second-order valence-corrected chi connectivity index (χ2v) is 7.33. The lowest BCUT2D eigenvalue weighted by atomic mass is 10.2. The van der Waals surface area contributed by atoms with Gasteiger partial charge in [-0.15, -0.1) is 0 Å². The van der Waals surface area contributed by atoms with E-state index in [0.29, 0.717) is 17.4 Å². The molecule has 1 saturated heterocycles. The minimum atomic E-state index is -0.545. The molecule has 0 radical (unpaired) electrons. The Bertz CT molecular complexity index is 1060. The quantitative estimate of drug-likeness (QED) is 0.604. The summed E-state index contributed by atoms with van der Waals surface area (Å²) >= 11 is 0. The number of nitrogens with zero attached hydrogens (tertiary/aromatic N) is 6. The Kier molecular flexibility index (Phi) is 6.22. The van der Waals surface area contributed by atoms with E-state index < -0.39 is 11.6 Å². The standard InChI is InChI=1S/C22H24F2N6O/c1-16-17(13-26-30(16)21-14-25-15-22(27-21)31-2)4-3-5-28-6-8-29(9-7-28)20-11-18(23)10-19(24)12-20/h3-4,10-15H,5-9H2,1-2H3/b4-3+. The zero-order chi connectivity index (χ0) is 21.8. The molecule has 0 saturated carbocycles. The minimum absolute atomic E-state index is 0.435. The Morgan fingerprint density at radius 3 is 2.48 bits per heavy atom. The van der Waals surface area contributed by atoms with Crippen LogP contribution >= 0.6 is 0 Å². The molecule has 31 heavy (non-hydrogen) atoms. The van der Waals surface area contributed by atoms with Crippen LogP contribution in [-0.4, -0.2) is 64.5 Å². The molecule has 4 rings (SSSR count). The number of benzene rings is 1. The Morgan fingerprint density at radius 1 is 1.03 bits per heavy atom. The van der Waals surface area contributed by atoms with Crippen molar-refractivity contribution in [2.75, 3.05) is 44.7 Å². The lowest BCUT2D eigenvalue weighted by Crippen LogP contribution is -2.46. The Balaban J connectivity index is 1.34. The topological polar surface area (TPSA) is 59.3 Å². The second-order valence-electron chi connectivity index (χ2n) is 7.33. The largest absolute Gasteiger partial charge is 0.480 e. The van der Waals surface area contributed by atoms with Crippen molar-refractivity contribution in [1.29, 1.82) is 0 Å². The summed E-state index contributed by atoms with van der Waals surface area (Å²) in [6.45, 7) is 5.85. The van der Waals surface area contributed by atoms with Gasteiger partial charge in [0, 0.05) is 50.0 Å². The number of aromatic nitrogens is 4. The predicted octanol–water partition coefficient (Wildman–Crippen LogP) is 3.09. The van der Waals surface area contributed by atoms with Crippen molar-refractivity contribution >= 4 is 11.8 Å². The van der Waals surface area contributed by atoms with Crippen molar-refractivity contribution in [2.24, 2.45) is 0 Å². The van der Waals surface area contributed by atoms with Crippen LogP contribution in [0.3, 0.4) is 0 Å². The lowest BCUT2D eigenvalue weighted by molar-refractivity contribution is 0.284. The lowest BCUT2D eigenvalue weighted by Gasteiger charge is -2.35. The predicted molar refractivity (Wildman–Crippen MR) is 114 cm³/mol. The molecule has 1 aliphatic heterocycles. The number of rotatable bonds is 6. The van der Waals surface area contributed by atoms with Crippen molar-refractivity contribution < 1.29 is 13.5 Å².